The van der Waals surface area contributed by atoms with Gasteiger partial charge in [0.15, 0.2) is 6.29 Å². The lowest BCUT2D eigenvalue weighted by Crippen LogP contribution is -2.49. The van der Waals surface area contributed by atoms with Crippen molar-refractivity contribution in [3.63, 3.8) is 0 Å². The van der Waals surface area contributed by atoms with Crippen molar-refractivity contribution in [1.82, 2.24) is 5.32 Å². The first-order valence-corrected chi connectivity index (χ1v) is 4.35. The average molecular weight is 189 g/mol. The van der Waals surface area contributed by atoms with Crippen LogP contribution >= 0.6 is 0 Å². The molecule has 1 fully saturated rings. The predicted octanol–water partition coefficient (Wildman–Crippen LogP) is -1.02. The van der Waals surface area contributed by atoms with Gasteiger partial charge in [0.05, 0.1) is 18.8 Å². The molecule has 5 heteroatoms. The fraction of sp³-hybridized carbons (Fsp3) is 0.875. The smallest absolute Gasteiger partial charge is 0.217 e. The Kier molecular flexibility index (Phi) is 3.65. The molecule has 0 bridgehead atoms. The zero-order chi connectivity index (χ0) is 9.84. The molecule has 3 unspecified atom stereocenters. The van der Waals surface area contributed by atoms with Gasteiger partial charge in [0.2, 0.25) is 5.91 Å². The number of carbonyl (C=O) groups excluding carboxylic acids is 1. The van der Waals surface area contributed by atoms with E-state index >= 15 is 0 Å². The maximum atomic E-state index is 10.7. The van der Waals surface area contributed by atoms with Gasteiger partial charge in [0.25, 0.3) is 0 Å². The zero-order valence-electron chi connectivity index (χ0n) is 7.56. The van der Waals surface area contributed by atoms with Crippen molar-refractivity contribution < 1.29 is 19.7 Å². The van der Waals surface area contributed by atoms with Crippen molar-refractivity contribution in [2.24, 2.45) is 0 Å². The van der Waals surface area contributed by atoms with Crippen LogP contribution in [0, 0.1) is 0 Å². The molecule has 0 aromatic rings. The van der Waals surface area contributed by atoms with Gasteiger partial charge in [-0.05, 0) is 12.8 Å². The summed E-state index contributed by atoms with van der Waals surface area (Å²) >= 11 is 0. The average Bonchev–Trinajstić information content (AvgIpc) is 2.08. The van der Waals surface area contributed by atoms with Gasteiger partial charge >= 0.3 is 0 Å². The van der Waals surface area contributed by atoms with Gasteiger partial charge in [-0.1, -0.05) is 0 Å². The molecule has 1 amide bonds. The van der Waals surface area contributed by atoms with Crippen molar-refractivity contribution in [3.05, 3.63) is 0 Å². The fourth-order valence-corrected chi connectivity index (χ4v) is 1.41. The van der Waals surface area contributed by atoms with Gasteiger partial charge in [-0.25, -0.2) is 0 Å². The van der Waals surface area contributed by atoms with Crippen LogP contribution in [-0.2, 0) is 9.53 Å². The Labute approximate surface area is 76.7 Å². The summed E-state index contributed by atoms with van der Waals surface area (Å²) in [5.74, 6) is -0.185. The van der Waals surface area contributed by atoms with E-state index in [0.717, 1.165) is 0 Å². The molecule has 0 aliphatic carbocycles. The van der Waals surface area contributed by atoms with E-state index in [-0.39, 0.29) is 24.7 Å². The van der Waals surface area contributed by atoms with E-state index in [9.17, 15) is 9.90 Å². The Morgan fingerprint density at radius 2 is 2.31 bits per heavy atom. The van der Waals surface area contributed by atoms with Crippen molar-refractivity contribution in [2.75, 3.05) is 6.61 Å². The first-order valence-electron chi connectivity index (χ1n) is 4.35. The largest absolute Gasteiger partial charge is 0.394 e. The zero-order valence-corrected chi connectivity index (χ0v) is 7.56. The van der Waals surface area contributed by atoms with Crippen LogP contribution in [0.15, 0.2) is 0 Å². The maximum absolute atomic E-state index is 10.7. The summed E-state index contributed by atoms with van der Waals surface area (Å²) in [5.41, 5.74) is 0. The summed E-state index contributed by atoms with van der Waals surface area (Å²) in [4.78, 5) is 10.7. The van der Waals surface area contributed by atoms with E-state index in [0.29, 0.717) is 12.8 Å². The van der Waals surface area contributed by atoms with E-state index in [1.54, 1.807) is 0 Å². The molecule has 0 aromatic carbocycles. The van der Waals surface area contributed by atoms with Gasteiger partial charge in [-0.2, -0.15) is 0 Å². The lowest BCUT2D eigenvalue weighted by Gasteiger charge is -2.32. The van der Waals surface area contributed by atoms with Crippen molar-refractivity contribution >= 4 is 5.91 Å². The lowest BCUT2D eigenvalue weighted by molar-refractivity contribution is -0.188. The topological polar surface area (TPSA) is 78.8 Å². The van der Waals surface area contributed by atoms with E-state index in [2.05, 4.69) is 5.32 Å². The number of carbonyl (C=O) groups is 1. The Hall–Kier alpha value is -0.650. The standard InChI is InChI=1S/C8H15NO4/c1-5(11)9-7-3-2-6(4-10)13-8(7)12/h6-8,10,12H,2-4H2,1H3,(H,9,11). The molecule has 1 rings (SSSR count). The van der Waals surface area contributed by atoms with Gasteiger partial charge in [0, 0.05) is 6.92 Å². The normalized spacial score (nSPS) is 34.2. The second-order valence-electron chi connectivity index (χ2n) is 3.22. The highest BCUT2D eigenvalue weighted by molar-refractivity contribution is 5.73. The Balaban J connectivity index is 2.39. The number of rotatable bonds is 2. The molecule has 3 N–H and O–H groups in total. The van der Waals surface area contributed by atoms with Crippen LogP contribution in [0.5, 0.6) is 0 Å². The SMILES string of the molecule is CC(=O)NC1CCC(CO)OC1O. The molecule has 1 saturated heterocycles. The number of nitrogens with one attached hydrogen (secondary N) is 1. The summed E-state index contributed by atoms with van der Waals surface area (Å²) in [7, 11) is 0. The van der Waals surface area contributed by atoms with Gasteiger partial charge in [-0.3, -0.25) is 4.79 Å². The van der Waals surface area contributed by atoms with Crippen molar-refractivity contribution in [3.8, 4) is 0 Å². The third-order valence-corrected chi connectivity index (χ3v) is 2.07. The van der Waals surface area contributed by atoms with E-state index in [1.807, 2.05) is 0 Å². The molecule has 1 heterocycles. The Morgan fingerprint density at radius 1 is 1.62 bits per heavy atom. The summed E-state index contributed by atoms with van der Waals surface area (Å²) in [6.07, 6.45) is -0.0281. The number of hydrogen-bond acceptors (Lipinski definition) is 4. The van der Waals surface area contributed by atoms with Crippen LogP contribution in [0.2, 0.25) is 0 Å². The predicted molar refractivity (Wildman–Crippen MR) is 44.8 cm³/mol. The van der Waals surface area contributed by atoms with Crippen LogP contribution in [0.1, 0.15) is 19.8 Å². The van der Waals surface area contributed by atoms with E-state index in [1.165, 1.54) is 6.92 Å². The van der Waals surface area contributed by atoms with Crippen LogP contribution in [0.25, 0.3) is 0 Å². The molecule has 0 radical (unpaired) electrons. The number of amides is 1. The van der Waals surface area contributed by atoms with Gasteiger partial charge < -0.3 is 20.3 Å². The molecule has 1 aliphatic heterocycles. The summed E-state index contributed by atoms with van der Waals surface area (Å²) < 4.78 is 5.04. The van der Waals surface area contributed by atoms with Crippen LogP contribution < -0.4 is 5.32 Å². The Morgan fingerprint density at radius 3 is 2.77 bits per heavy atom. The molecule has 0 saturated carbocycles. The second-order valence-corrected chi connectivity index (χ2v) is 3.22. The quantitative estimate of drug-likeness (QED) is 0.519. The minimum absolute atomic E-state index is 0.0934. The van der Waals surface area contributed by atoms with E-state index < -0.39 is 6.29 Å². The third kappa shape index (κ3) is 2.95. The maximum Gasteiger partial charge on any atom is 0.217 e. The van der Waals surface area contributed by atoms with Crippen molar-refractivity contribution in [1.29, 1.82) is 0 Å². The lowest BCUT2D eigenvalue weighted by atomic mass is 10.0. The molecule has 76 valence electrons. The Bertz CT molecular complexity index is 185. The highest BCUT2D eigenvalue weighted by atomic mass is 16.6. The summed E-state index contributed by atoms with van der Waals surface area (Å²) in [6.45, 7) is 1.30. The monoisotopic (exact) mass is 189 g/mol. The van der Waals surface area contributed by atoms with E-state index in [4.69, 9.17) is 9.84 Å². The molecule has 13 heavy (non-hydrogen) atoms. The first-order chi connectivity index (χ1) is 6.13. The van der Waals surface area contributed by atoms with Gasteiger partial charge in [-0.15, -0.1) is 0 Å². The molecular formula is C8H15NO4. The minimum atomic E-state index is -1.00. The molecule has 5 nitrogen and oxygen atoms in total. The van der Waals surface area contributed by atoms with Gasteiger partial charge in [0.1, 0.15) is 0 Å². The van der Waals surface area contributed by atoms with Crippen molar-refractivity contribution in [2.45, 2.75) is 38.2 Å². The highest BCUT2D eigenvalue weighted by Gasteiger charge is 2.29. The summed E-state index contributed by atoms with van der Waals surface area (Å²) in [5, 5.41) is 20.7. The number of hydrogen-bond donors (Lipinski definition) is 3. The molecule has 0 aromatic heterocycles. The number of aliphatic hydroxyl groups excluding tert-OH is 2. The summed E-state index contributed by atoms with van der Waals surface area (Å²) in [6, 6.07) is -0.347. The number of aliphatic hydroxyl groups is 2. The molecule has 1 aliphatic rings. The fourth-order valence-electron chi connectivity index (χ4n) is 1.41. The number of ether oxygens (including phenoxy) is 1. The third-order valence-electron chi connectivity index (χ3n) is 2.07. The van der Waals surface area contributed by atoms with Crippen LogP contribution in [0.3, 0.4) is 0 Å². The van der Waals surface area contributed by atoms with Crippen LogP contribution in [0.4, 0.5) is 0 Å². The molecule has 0 spiro atoms. The molecule has 3 atom stereocenters. The second kappa shape index (κ2) is 4.55. The molecular weight excluding hydrogens is 174 g/mol. The first kappa shape index (κ1) is 10.4. The van der Waals surface area contributed by atoms with Crippen LogP contribution in [-0.4, -0.2) is 41.2 Å². The minimum Gasteiger partial charge on any atom is -0.394 e. The highest BCUT2D eigenvalue weighted by Crippen LogP contribution is 2.17.